The van der Waals surface area contributed by atoms with Crippen molar-refractivity contribution in [1.29, 1.82) is 0 Å². The smallest absolute Gasteiger partial charge is 0.252 e. The van der Waals surface area contributed by atoms with Gasteiger partial charge >= 0.3 is 0 Å². The van der Waals surface area contributed by atoms with E-state index in [0.29, 0.717) is 49.0 Å². The summed E-state index contributed by atoms with van der Waals surface area (Å²) < 4.78 is 7.20. The van der Waals surface area contributed by atoms with Crippen molar-refractivity contribution in [3.63, 3.8) is 0 Å². The number of hydrogen-bond acceptors (Lipinski definition) is 9. The highest BCUT2D eigenvalue weighted by Gasteiger charge is 2.47. The van der Waals surface area contributed by atoms with Gasteiger partial charge in [-0.25, -0.2) is 15.0 Å². The molecule has 5 N–H and O–H groups in total. The molecule has 2 fully saturated rings. The summed E-state index contributed by atoms with van der Waals surface area (Å²) in [4.78, 5) is 40.0. The molecule has 192 valence electrons. The molecule has 0 aromatic carbocycles. The average Bonchev–Trinajstić information content (AvgIpc) is 3.35. The number of likely N-dealkylation sites (tertiary alicyclic amines) is 1. The van der Waals surface area contributed by atoms with Gasteiger partial charge in [0.25, 0.3) is 5.91 Å². The average molecular weight is 490 g/mol. The number of ether oxygens (including phenoxy) is 1. The van der Waals surface area contributed by atoms with Gasteiger partial charge in [-0.15, -0.1) is 0 Å². The molecular formula is C23H35N7O5. The number of anilines is 1. The maximum Gasteiger partial charge on any atom is 0.252 e. The molecule has 2 aromatic rings. The largest absolute Gasteiger partial charge is 0.387 e. The fraction of sp³-hybridized carbons (Fsp3) is 0.696. The number of carbonyl (C=O) groups excluding carboxylic acids is 2. The first kappa shape index (κ1) is 25.3. The van der Waals surface area contributed by atoms with E-state index in [0.717, 1.165) is 12.8 Å². The van der Waals surface area contributed by atoms with Crippen molar-refractivity contribution in [3.8, 4) is 0 Å². The zero-order valence-electron chi connectivity index (χ0n) is 20.6. The lowest BCUT2D eigenvalue weighted by molar-refractivity contribution is -0.141. The number of imidazole rings is 1. The summed E-state index contributed by atoms with van der Waals surface area (Å²) in [6.45, 7) is 9.30. The minimum atomic E-state index is -1.40. The number of aromatic nitrogens is 4. The van der Waals surface area contributed by atoms with Gasteiger partial charge in [0, 0.05) is 31.5 Å². The molecule has 0 saturated carbocycles. The van der Waals surface area contributed by atoms with Crippen LogP contribution >= 0.6 is 0 Å². The van der Waals surface area contributed by atoms with Crippen molar-refractivity contribution in [3.05, 3.63) is 12.2 Å². The Kier molecular flexibility index (Phi) is 6.98. The number of hydrogen-bond donors (Lipinski definition) is 4. The molecule has 4 rings (SSSR count). The first-order valence-electron chi connectivity index (χ1n) is 12.1. The third-order valence-electron chi connectivity index (χ3n) is 6.63. The summed E-state index contributed by atoms with van der Waals surface area (Å²) in [6.07, 6.45) is -1.35. The number of nitrogen functional groups attached to an aromatic ring is 1. The highest BCUT2D eigenvalue weighted by Crippen LogP contribution is 2.33. The molecule has 0 bridgehead atoms. The molecule has 2 unspecified atom stereocenters. The van der Waals surface area contributed by atoms with E-state index in [1.807, 2.05) is 25.7 Å². The fourth-order valence-corrected chi connectivity index (χ4v) is 4.72. The number of aliphatic hydroxyl groups is 2. The number of fused-ring (bicyclic) bond motifs is 1. The predicted octanol–water partition coefficient (Wildman–Crippen LogP) is -0.00900. The summed E-state index contributed by atoms with van der Waals surface area (Å²) in [6, 6.07) is 0. The molecule has 12 nitrogen and oxygen atoms in total. The Bertz CT molecular complexity index is 1090. The summed E-state index contributed by atoms with van der Waals surface area (Å²) >= 11 is 0. The summed E-state index contributed by atoms with van der Waals surface area (Å²) in [5, 5.41) is 23.6. The van der Waals surface area contributed by atoms with Crippen molar-refractivity contribution < 1.29 is 24.5 Å². The number of carbonyl (C=O) groups is 2. The van der Waals surface area contributed by atoms with Crippen LogP contribution in [0.15, 0.2) is 6.33 Å². The first-order valence-corrected chi connectivity index (χ1v) is 12.1. The zero-order valence-corrected chi connectivity index (χ0v) is 20.6. The van der Waals surface area contributed by atoms with Crippen LogP contribution in [-0.4, -0.2) is 84.4 Å². The van der Waals surface area contributed by atoms with Crippen LogP contribution < -0.4 is 11.1 Å². The Morgan fingerprint density at radius 1 is 1.20 bits per heavy atom. The molecule has 0 spiro atoms. The zero-order chi connectivity index (χ0) is 25.5. The number of aliphatic hydroxyl groups excluding tert-OH is 2. The molecule has 2 saturated heterocycles. The molecule has 4 atom stereocenters. The maximum absolute atomic E-state index is 12.6. The SMILES string of the molecule is CCNC(=O)[C@H]1O[C@@H](n2cnc3c(N)nc(CC4CCN(C(=O)C(C)(C)C)CC4)nc32)C(O)C1O. The molecule has 4 heterocycles. The highest BCUT2D eigenvalue weighted by molar-refractivity contribution is 5.83. The molecule has 2 aliphatic heterocycles. The molecule has 2 aromatic heterocycles. The summed E-state index contributed by atoms with van der Waals surface area (Å²) in [5.74, 6) is 0.689. The van der Waals surface area contributed by atoms with Crippen LogP contribution in [0.25, 0.3) is 11.2 Å². The maximum atomic E-state index is 12.6. The standard InChI is InChI=1S/C23H35N7O5/c1-5-25-20(33)17-15(31)16(32)21(35-17)30-11-26-14-18(24)27-13(28-19(14)30)10-12-6-8-29(9-7-12)22(34)23(2,3)4/h11-12,15-17,21,31-32H,5-10H2,1-4H3,(H,25,33)(H2,24,27,28)/t15?,16?,17-,21+/m0/s1. The minimum absolute atomic E-state index is 0.157. The Labute approximate surface area is 203 Å². The summed E-state index contributed by atoms with van der Waals surface area (Å²) in [7, 11) is 0. The number of nitrogens with one attached hydrogen (secondary N) is 1. The van der Waals surface area contributed by atoms with Gasteiger partial charge in [-0.05, 0) is 25.7 Å². The molecule has 2 aliphatic rings. The number of nitrogens with zero attached hydrogens (tertiary/aromatic N) is 5. The number of rotatable bonds is 5. The first-order chi connectivity index (χ1) is 16.5. The molecule has 12 heteroatoms. The lowest BCUT2D eigenvalue weighted by atomic mass is 9.89. The van der Waals surface area contributed by atoms with Crippen LogP contribution in [0, 0.1) is 11.3 Å². The van der Waals surface area contributed by atoms with E-state index in [1.165, 1.54) is 10.9 Å². The highest BCUT2D eigenvalue weighted by atomic mass is 16.6. The number of amides is 2. The van der Waals surface area contributed by atoms with Gasteiger partial charge in [0.1, 0.15) is 23.5 Å². The molecular weight excluding hydrogens is 454 g/mol. The number of nitrogens with two attached hydrogens (primary N) is 1. The van der Waals surface area contributed by atoms with Crippen molar-refractivity contribution in [2.75, 3.05) is 25.4 Å². The van der Waals surface area contributed by atoms with Crippen LogP contribution in [0.2, 0.25) is 0 Å². The summed E-state index contributed by atoms with van der Waals surface area (Å²) in [5.41, 5.74) is 6.48. The van der Waals surface area contributed by atoms with E-state index in [4.69, 9.17) is 10.5 Å². The normalized spacial score (nSPS) is 25.8. The molecule has 35 heavy (non-hydrogen) atoms. The third kappa shape index (κ3) is 4.95. The lowest BCUT2D eigenvalue weighted by Crippen LogP contribution is -2.44. The Hall–Kier alpha value is -2.83. The van der Waals surface area contributed by atoms with E-state index in [2.05, 4.69) is 20.3 Å². The van der Waals surface area contributed by atoms with Gasteiger partial charge in [0.05, 0.1) is 6.33 Å². The van der Waals surface area contributed by atoms with Crippen LogP contribution in [-0.2, 0) is 20.7 Å². The molecule has 0 radical (unpaired) electrons. The Morgan fingerprint density at radius 2 is 1.89 bits per heavy atom. The number of likely N-dealkylation sites (N-methyl/N-ethyl adjacent to an activating group) is 1. The van der Waals surface area contributed by atoms with E-state index in [1.54, 1.807) is 6.92 Å². The number of piperidine rings is 1. The second-order valence-corrected chi connectivity index (χ2v) is 10.4. The van der Waals surface area contributed by atoms with Crippen molar-refractivity contribution in [2.45, 2.75) is 71.5 Å². The van der Waals surface area contributed by atoms with Gasteiger partial charge in [-0.3, -0.25) is 14.2 Å². The van der Waals surface area contributed by atoms with E-state index >= 15 is 0 Å². The van der Waals surface area contributed by atoms with Gasteiger partial charge in [0.2, 0.25) is 5.91 Å². The monoisotopic (exact) mass is 489 g/mol. The van der Waals surface area contributed by atoms with Crippen molar-refractivity contribution in [2.24, 2.45) is 11.3 Å². The quantitative estimate of drug-likeness (QED) is 0.451. The van der Waals surface area contributed by atoms with Gasteiger partial charge in [-0.1, -0.05) is 20.8 Å². The van der Waals surface area contributed by atoms with Gasteiger partial charge in [-0.2, -0.15) is 0 Å². The van der Waals surface area contributed by atoms with Crippen LogP contribution in [0.3, 0.4) is 0 Å². The van der Waals surface area contributed by atoms with Crippen LogP contribution in [0.4, 0.5) is 5.82 Å². The van der Waals surface area contributed by atoms with E-state index in [-0.39, 0.29) is 11.7 Å². The van der Waals surface area contributed by atoms with Crippen LogP contribution in [0.1, 0.15) is 52.6 Å². The lowest BCUT2D eigenvalue weighted by Gasteiger charge is -2.35. The second kappa shape index (κ2) is 9.67. The predicted molar refractivity (Wildman–Crippen MR) is 127 cm³/mol. The minimum Gasteiger partial charge on any atom is -0.387 e. The van der Waals surface area contributed by atoms with Gasteiger partial charge < -0.3 is 30.9 Å². The van der Waals surface area contributed by atoms with Crippen molar-refractivity contribution >= 4 is 28.8 Å². The van der Waals surface area contributed by atoms with Crippen LogP contribution in [0.5, 0.6) is 0 Å². The van der Waals surface area contributed by atoms with Crippen molar-refractivity contribution in [1.82, 2.24) is 29.7 Å². The van der Waals surface area contributed by atoms with E-state index < -0.39 is 35.9 Å². The second-order valence-electron chi connectivity index (χ2n) is 10.4. The molecule has 2 amide bonds. The Balaban J connectivity index is 1.51. The third-order valence-corrected chi connectivity index (χ3v) is 6.63. The Morgan fingerprint density at radius 3 is 2.51 bits per heavy atom. The fourth-order valence-electron chi connectivity index (χ4n) is 4.72. The topological polar surface area (TPSA) is 169 Å². The molecule has 0 aliphatic carbocycles. The van der Waals surface area contributed by atoms with E-state index in [9.17, 15) is 19.8 Å². The van der Waals surface area contributed by atoms with Gasteiger partial charge in [0.15, 0.2) is 23.8 Å².